The Kier molecular flexibility index (Phi) is 3.35. The van der Waals surface area contributed by atoms with Crippen molar-refractivity contribution in [3.8, 4) is 0 Å². The van der Waals surface area contributed by atoms with Crippen molar-refractivity contribution in [2.24, 2.45) is 0 Å². The third-order valence-electron chi connectivity index (χ3n) is 3.07. The number of rotatable bonds is 2. The van der Waals surface area contributed by atoms with Gasteiger partial charge in [-0.2, -0.15) is 0 Å². The van der Waals surface area contributed by atoms with E-state index in [0.29, 0.717) is 5.69 Å². The summed E-state index contributed by atoms with van der Waals surface area (Å²) >= 11 is 1.70. The van der Waals surface area contributed by atoms with E-state index in [-0.39, 0.29) is 6.03 Å². The number of nitrogens with one attached hydrogen (secondary N) is 2. The number of hydrogen-bond donors (Lipinski definition) is 2. The second kappa shape index (κ2) is 5.30. The van der Waals surface area contributed by atoms with Crippen LogP contribution in [-0.2, 0) is 0 Å². The Morgan fingerprint density at radius 2 is 2.10 bits per heavy atom. The van der Waals surface area contributed by atoms with Gasteiger partial charge < -0.3 is 10.6 Å². The molecule has 1 aromatic carbocycles. The van der Waals surface area contributed by atoms with Crippen molar-refractivity contribution < 1.29 is 4.79 Å². The maximum Gasteiger partial charge on any atom is 0.323 e. The number of amides is 2. The molecular weight excluding hydrogens is 270 g/mol. The molecule has 4 nitrogen and oxygen atoms in total. The molecule has 0 aliphatic carbocycles. The first-order chi connectivity index (χ1) is 9.74. The van der Waals surface area contributed by atoms with Crippen molar-refractivity contribution in [1.29, 1.82) is 0 Å². The minimum atomic E-state index is -0.268. The highest BCUT2D eigenvalue weighted by molar-refractivity contribution is 7.17. The molecule has 2 amide bonds. The first-order valence-electron chi connectivity index (χ1n) is 6.19. The molecule has 20 heavy (non-hydrogen) atoms. The number of anilines is 2. The molecule has 0 saturated carbocycles. The molecule has 0 atom stereocenters. The van der Waals surface area contributed by atoms with Gasteiger partial charge in [0.1, 0.15) is 0 Å². The number of pyridine rings is 1. The van der Waals surface area contributed by atoms with Gasteiger partial charge in [0, 0.05) is 16.6 Å². The smallest absolute Gasteiger partial charge is 0.307 e. The zero-order valence-electron chi connectivity index (χ0n) is 10.9. The molecule has 0 radical (unpaired) electrons. The van der Waals surface area contributed by atoms with Crippen molar-refractivity contribution in [2.75, 3.05) is 10.6 Å². The molecule has 0 bridgehead atoms. The van der Waals surface area contributed by atoms with Gasteiger partial charge in [-0.3, -0.25) is 4.98 Å². The molecule has 3 rings (SSSR count). The van der Waals surface area contributed by atoms with E-state index in [1.54, 1.807) is 35.9 Å². The Labute approximate surface area is 120 Å². The van der Waals surface area contributed by atoms with Crippen molar-refractivity contribution >= 4 is 38.8 Å². The van der Waals surface area contributed by atoms with E-state index in [4.69, 9.17) is 0 Å². The number of urea groups is 1. The maximum absolute atomic E-state index is 12.0. The first-order valence-corrected chi connectivity index (χ1v) is 7.07. The predicted octanol–water partition coefficient (Wildman–Crippen LogP) is 4.25. The number of aromatic nitrogens is 1. The number of thiophene rings is 1. The molecule has 2 N–H and O–H groups in total. The highest BCUT2D eigenvalue weighted by atomic mass is 32.1. The van der Waals surface area contributed by atoms with E-state index in [2.05, 4.69) is 27.1 Å². The molecule has 0 fully saturated rings. The van der Waals surface area contributed by atoms with Gasteiger partial charge in [-0.1, -0.05) is 0 Å². The third-order valence-corrected chi connectivity index (χ3v) is 3.95. The van der Waals surface area contributed by atoms with E-state index in [1.807, 2.05) is 19.1 Å². The standard InChI is InChI=1S/C15H13N3OS/c1-10-12-6-8-20-14(12)5-4-13(10)18-15(19)17-11-3-2-7-16-9-11/h2-9H,1H3,(H2,17,18,19). The van der Waals surface area contributed by atoms with Gasteiger partial charge >= 0.3 is 6.03 Å². The molecule has 2 heterocycles. The lowest BCUT2D eigenvalue weighted by atomic mass is 10.1. The van der Waals surface area contributed by atoms with E-state index < -0.39 is 0 Å². The van der Waals surface area contributed by atoms with Crippen LogP contribution in [0.15, 0.2) is 48.1 Å². The molecule has 0 spiro atoms. The van der Waals surface area contributed by atoms with Gasteiger partial charge in [0.25, 0.3) is 0 Å². The summed E-state index contributed by atoms with van der Waals surface area (Å²) in [5.41, 5.74) is 2.56. The molecule has 5 heteroatoms. The second-order valence-corrected chi connectivity index (χ2v) is 5.34. The number of fused-ring (bicyclic) bond motifs is 1. The van der Waals surface area contributed by atoms with E-state index in [0.717, 1.165) is 11.3 Å². The largest absolute Gasteiger partial charge is 0.323 e. The lowest BCUT2D eigenvalue weighted by molar-refractivity contribution is 0.262. The number of aryl methyl sites for hydroxylation is 1. The van der Waals surface area contributed by atoms with Gasteiger partial charge in [-0.15, -0.1) is 11.3 Å². The van der Waals surface area contributed by atoms with E-state index in [9.17, 15) is 4.79 Å². The first kappa shape index (κ1) is 12.6. The fourth-order valence-corrected chi connectivity index (χ4v) is 2.89. The molecular formula is C15H13N3OS. The maximum atomic E-state index is 12.0. The molecule has 0 saturated heterocycles. The molecule has 0 unspecified atom stereocenters. The summed E-state index contributed by atoms with van der Waals surface area (Å²) in [4.78, 5) is 15.9. The highest BCUT2D eigenvalue weighted by Crippen LogP contribution is 2.29. The fourth-order valence-electron chi connectivity index (χ4n) is 2.05. The van der Waals surface area contributed by atoms with Gasteiger partial charge in [-0.05, 0) is 53.6 Å². The summed E-state index contributed by atoms with van der Waals surface area (Å²) < 4.78 is 1.22. The average Bonchev–Trinajstić information content (AvgIpc) is 2.92. The van der Waals surface area contributed by atoms with Crippen LogP contribution >= 0.6 is 11.3 Å². The number of benzene rings is 1. The van der Waals surface area contributed by atoms with Gasteiger partial charge in [0.15, 0.2) is 0 Å². The molecule has 3 aromatic rings. The Morgan fingerprint density at radius 3 is 2.90 bits per heavy atom. The van der Waals surface area contributed by atoms with Crippen LogP contribution in [0.1, 0.15) is 5.56 Å². The van der Waals surface area contributed by atoms with Crippen molar-refractivity contribution in [2.45, 2.75) is 6.92 Å². The topological polar surface area (TPSA) is 54.0 Å². The van der Waals surface area contributed by atoms with Crippen molar-refractivity contribution in [3.63, 3.8) is 0 Å². The number of carbonyl (C=O) groups is 1. The normalized spacial score (nSPS) is 10.4. The summed E-state index contributed by atoms with van der Waals surface area (Å²) in [7, 11) is 0. The van der Waals surface area contributed by atoms with E-state index in [1.165, 1.54) is 10.1 Å². The van der Waals surface area contributed by atoms with Gasteiger partial charge in [0.05, 0.1) is 11.9 Å². The monoisotopic (exact) mass is 283 g/mol. The Bertz CT molecular complexity index is 752. The average molecular weight is 283 g/mol. The summed E-state index contributed by atoms with van der Waals surface area (Å²) in [6.45, 7) is 2.01. The Morgan fingerprint density at radius 1 is 1.20 bits per heavy atom. The Hall–Kier alpha value is -2.40. The van der Waals surface area contributed by atoms with E-state index >= 15 is 0 Å². The van der Waals surface area contributed by atoms with Crippen LogP contribution in [0.3, 0.4) is 0 Å². The van der Waals surface area contributed by atoms with Crippen molar-refractivity contribution in [1.82, 2.24) is 4.98 Å². The summed E-state index contributed by atoms with van der Waals surface area (Å²) in [6.07, 6.45) is 3.27. The predicted molar refractivity (Wildman–Crippen MR) is 83.4 cm³/mol. The number of hydrogen-bond acceptors (Lipinski definition) is 3. The number of nitrogens with zero attached hydrogens (tertiary/aromatic N) is 1. The van der Waals surface area contributed by atoms with Crippen LogP contribution in [-0.4, -0.2) is 11.0 Å². The van der Waals surface area contributed by atoms with Gasteiger partial charge in [-0.25, -0.2) is 4.79 Å². The lowest BCUT2D eigenvalue weighted by Crippen LogP contribution is -2.20. The SMILES string of the molecule is Cc1c(NC(=O)Nc2cccnc2)ccc2sccc12. The van der Waals surface area contributed by atoms with Crippen LogP contribution < -0.4 is 10.6 Å². The van der Waals surface area contributed by atoms with Crippen LogP contribution in [0, 0.1) is 6.92 Å². The fraction of sp³-hybridized carbons (Fsp3) is 0.0667. The van der Waals surface area contributed by atoms with Crippen LogP contribution in [0.2, 0.25) is 0 Å². The van der Waals surface area contributed by atoms with Gasteiger partial charge in [0.2, 0.25) is 0 Å². The second-order valence-electron chi connectivity index (χ2n) is 4.39. The minimum absolute atomic E-state index is 0.268. The summed E-state index contributed by atoms with van der Waals surface area (Å²) in [6, 6.07) is 9.32. The summed E-state index contributed by atoms with van der Waals surface area (Å²) in [5.74, 6) is 0. The summed E-state index contributed by atoms with van der Waals surface area (Å²) in [5, 5.41) is 8.84. The van der Waals surface area contributed by atoms with Crippen LogP contribution in [0.4, 0.5) is 16.2 Å². The number of carbonyl (C=O) groups excluding carboxylic acids is 1. The molecule has 0 aliphatic rings. The minimum Gasteiger partial charge on any atom is -0.307 e. The third kappa shape index (κ3) is 2.48. The Balaban J connectivity index is 1.79. The zero-order valence-corrected chi connectivity index (χ0v) is 11.7. The zero-order chi connectivity index (χ0) is 13.9. The lowest BCUT2D eigenvalue weighted by Gasteiger charge is -2.10. The van der Waals surface area contributed by atoms with Crippen molar-refractivity contribution in [3.05, 3.63) is 53.7 Å². The van der Waals surface area contributed by atoms with Crippen LogP contribution in [0.25, 0.3) is 10.1 Å². The molecule has 2 aromatic heterocycles. The quantitative estimate of drug-likeness (QED) is 0.738. The van der Waals surface area contributed by atoms with Crippen LogP contribution in [0.5, 0.6) is 0 Å². The highest BCUT2D eigenvalue weighted by Gasteiger charge is 2.08. The molecule has 0 aliphatic heterocycles. The molecule has 100 valence electrons.